The number of rotatable bonds is 9. The van der Waals surface area contributed by atoms with Crippen LogP contribution in [0.4, 0.5) is 14.5 Å². The summed E-state index contributed by atoms with van der Waals surface area (Å²) < 4.78 is 34.5. The van der Waals surface area contributed by atoms with Crippen LogP contribution >= 0.6 is 11.8 Å². The van der Waals surface area contributed by atoms with E-state index < -0.39 is 17.2 Å². The first-order chi connectivity index (χ1) is 16.9. The van der Waals surface area contributed by atoms with Crippen LogP contribution in [0.5, 0.6) is 5.75 Å². The maximum absolute atomic E-state index is 14.6. The zero-order valence-electron chi connectivity index (χ0n) is 18.7. The van der Waals surface area contributed by atoms with Crippen molar-refractivity contribution in [2.24, 2.45) is 0 Å². The van der Waals surface area contributed by atoms with Crippen LogP contribution in [0.25, 0.3) is 0 Å². The molecule has 0 saturated heterocycles. The Bertz CT molecular complexity index is 1290. The van der Waals surface area contributed by atoms with Gasteiger partial charge in [0.1, 0.15) is 35.6 Å². The first-order valence-electron chi connectivity index (χ1n) is 10.5. The fraction of sp³-hybridized carbons (Fsp3) is 0.160. The highest BCUT2D eigenvalue weighted by atomic mass is 32.2. The highest BCUT2D eigenvalue weighted by Gasteiger charge is 2.33. The van der Waals surface area contributed by atoms with E-state index in [4.69, 9.17) is 4.74 Å². The van der Waals surface area contributed by atoms with E-state index in [9.17, 15) is 18.7 Å². The Morgan fingerprint density at radius 1 is 1.11 bits per heavy atom. The molecule has 3 aromatic carbocycles. The standard InChI is InChI=1S/C25H22F2N4O3S/c1-34-20-7-2-17(3-8-20)24(32)30-19-5-9-21(10-6-19)35-14-25(33,13-31-16-28-15-29-31)22-11-4-18(26)12-23(22)27/h2-12,15-16,33H,13-14H2,1H3,(H,30,32)/t25-/m1/s1. The fourth-order valence-corrected chi connectivity index (χ4v) is 4.42. The van der Waals surface area contributed by atoms with Gasteiger partial charge in [0.25, 0.3) is 5.91 Å². The van der Waals surface area contributed by atoms with Crippen molar-refractivity contribution in [1.82, 2.24) is 14.8 Å². The van der Waals surface area contributed by atoms with Crippen LogP contribution in [0.1, 0.15) is 15.9 Å². The third kappa shape index (κ3) is 6.03. The number of hydrogen-bond acceptors (Lipinski definition) is 6. The third-order valence-corrected chi connectivity index (χ3v) is 6.49. The van der Waals surface area contributed by atoms with Gasteiger partial charge in [0.15, 0.2) is 0 Å². The molecule has 180 valence electrons. The minimum absolute atomic E-state index is 0.0368. The summed E-state index contributed by atoms with van der Waals surface area (Å²) in [6.45, 7) is -0.0709. The van der Waals surface area contributed by atoms with Crippen molar-refractivity contribution in [3.63, 3.8) is 0 Å². The van der Waals surface area contributed by atoms with Gasteiger partial charge in [-0.05, 0) is 54.6 Å². The van der Waals surface area contributed by atoms with Crippen LogP contribution in [0, 0.1) is 11.6 Å². The van der Waals surface area contributed by atoms with Crippen molar-refractivity contribution in [3.05, 3.63) is 102 Å². The largest absolute Gasteiger partial charge is 0.497 e. The molecule has 1 atom stereocenters. The van der Waals surface area contributed by atoms with Gasteiger partial charge < -0.3 is 15.2 Å². The molecule has 1 amide bonds. The highest BCUT2D eigenvalue weighted by Crippen LogP contribution is 2.33. The summed E-state index contributed by atoms with van der Waals surface area (Å²) in [6.07, 6.45) is 2.73. The molecule has 0 fully saturated rings. The van der Waals surface area contributed by atoms with Crippen molar-refractivity contribution >= 4 is 23.4 Å². The lowest BCUT2D eigenvalue weighted by molar-refractivity contribution is 0.0360. The third-order valence-electron chi connectivity index (χ3n) is 5.26. The molecule has 0 radical (unpaired) electrons. The van der Waals surface area contributed by atoms with Gasteiger partial charge in [-0.15, -0.1) is 11.8 Å². The second kappa shape index (κ2) is 10.7. The lowest BCUT2D eigenvalue weighted by atomic mass is 9.95. The number of nitrogens with one attached hydrogen (secondary N) is 1. The van der Waals surface area contributed by atoms with Crippen molar-refractivity contribution in [3.8, 4) is 5.75 Å². The molecule has 1 aromatic heterocycles. The van der Waals surface area contributed by atoms with Gasteiger partial charge >= 0.3 is 0 Å². The molecule has 4 rings (SSSR count). The number of methoxy groups -OCH3 is 1. The van der Waals surface area contributed by atoms with Crippen LogP contribution in [0.2, 0.25) is 0 Å². The molecule has 2 N–H and O–H groups in total. The van der Waals surface area contributed by atoms with Crippen LogP contribution in [-0.2, 0) is 12.1 Å². The van der Waals surface area contributed by atoms with Gasteiger partial charge in [-0.3, -0.25) is 4.79 Å². The lowest BCUT2D eigenvalue weighted by Gasteiger charge is -2.28. The molecule has 0 bridgehead atoms. The van der Waals surface area contributed by atoms with E-state index in [1.807, 2.05) is 0 Å². The molecule has 35 heavy (non-hydrogen) atoms. The second-order valence-electron chi connectivity index (χ2n) is 7.74. The molecule has 1 heterocycles. The lowest BCUT2D eigenvalue weighted by Crippen LogP contribution is -2.35. The molecule has 0 unspecified atom stereocenters. The zero-order valence-corrected chi connectivity index (χ0v) is 19.5. The Labute approximate surface area is 204 Å². The maximum Gasteiger partial charge on any atom is 0.255 e. The number of halogens is 2. The molecule has 0 aliphatic rings. The monoisotopic (exact) mass is 496 g/mol. The molecule has 0 aliphatic carbocycles. The number of aliphatic hydroxyl groups is 1. The molecule has 7 nitrogen and oxygen atoms in total. The number of carbonyl (C=O) groups is 1. The quantitative estimate of drug-likeness (QED) is 0.332. The number of aromatic nitrogens is 3. The SMILES string of the molecule is COc1ccc(C(=O)Nc2ccc(SC[C@](O)(Cn3cncn3)c3ccc(F)cc3F)cc2)cc1. The van der Waals surface area contributed by atoms with Crippen molar-refractivity contribution in [2.75, 3.05) is 18.2 Å². The Morgan fingerprint density at radius 3 is 2.49 bits per heavy atom. The maximum atomic E-state index is 14.6. The topological polar surface area (TPSA) is 89.3 Å². The average Bonchev–Trinajstić information content (AvgIpc) is 3.36. The van der Waals surface area contributed by atoms with E-state index in [1.165, 1.54) is 35.2 Å². The number of anilines is 1. The van der Waals surface area contributed by atoms with Gasteiger partial charge in [-0.25, -0.2) is 18.4 Å². The summed E-state index contributed by atoms with van der Waals surface area (Å²) in [7, 11) is 1.56. The van der Waals surface area contributed by atoms with Crippen LogP contribution in [0.15, 0.2) is 84.3 Å². The number of benzene rings is 3. The summed E-state index contributed by atoms with van der Waals surface area (Å²) in [6, 6.07) is 16.9. The number of hydrogen-bond donors (Lipinski definition) is 2. The van der Waals surface area contributed by atoms with Crippen LogP contribution in [0.3, 0.4) is 0 Å². The number of nitrogens with zero attached hydrogens (tertiary/aromatic N) is 3. The number of thioether (sulfide) groups is 1. The summed E-state index contributed by atoms with van der Waals surface area (Å²) in [5.41, 5.74) is -0.635. The van der Waals surface area contributed by atoms with E-state index in [1.54, 1.807) is 55.6 Å². The van der Waals surface area contributed by atoms with E-state index >= 15 is 0 Å². The zero-order chi connectivity index (χ0) is 24.8. The smallest absolute Gasteiger partial charge is 0.255 e. The highest BCUT2D eigenvalue weighted by molar-refractivity contribution is 7.99. The van der Waals surface area contributed by atoms with E-state index in [0.717, 1.165) is 17.0 Å². The minimum atomic E-state index is -1.68. The number of ether oxygens (including phenoxy) is 1. The van der Waals surface area contributed by atoms with Gasteiger partial charge in [0.05, 0.1) is 13.7 Å². The average molecular weight is 497 g/mol. The molecule has 4 aromatic rings. The molecule has 10 heteroatoms. The Kier molecular flexibility index (Phi) is 7.42. The molecule has 0 spiro atoms. The first kappa shape index (κ1) is 24.4. The van der Waals surface area contributed by atoms with Gasteiger partial charge in [0, 0.05) is 33.5 Å². The van der Waals surface area contributed by atoms with Crippen LogP contribution in [-0.4, -0.2) is 38.6 Å². The molecular weight excluding hydrogens is 474 g/mol. The van der Waals surface area contributed by atoms with Gasteiger partial charge in [0.2, 0.25) is 0 Å². The van der Waals surface area contributed by atoms with E-state index in [2.05, 4.69) is 15.4 Å². The summed E-state index contributed by atoms with van der Waals surface area (Å²) in [4.78, 5) is 17.1. The predicted molar refractivity (Wildman–Crippen MR) is 128 cm³/mol. The predicted octanol–water partition coefficient (Wildman–Crippen LogP) is 4.50. The Balaban J connectivity index is 1.45. The number of amides is 1. The normalized spacial score (nSPS) is 12.7. The van der Waals surface area contributed by atoms with Crippen LogP contribution < -0.4 is 10.1 Å². The van der Waals surface area contributed by atoms with Crippen molar-refractivity contribution < 1.29 is 23.4 Å². The van der Waals surface area contributed by atoms with Gasteiger partial charge in [-0.2, -0.15) is 5.10 Å². The minimum Gasteiger partial charge on any atom is -0.497 e. The second-order valence-corrected chi connectivity index (χ2v) is 8.79. The van der Waals surface area contributed by atoms with E-state index in [0.29, 0.717) is 17.0 Å². The van der Waals surface area contributed by atoms with Crippen molar-refractivity contribution in [2.45, 2.75) is 17.0 Å². The summed E-state index contributed by atoms with van der Waals surface area (Å²) in [5, 5.41) is 18.2. The molecule has 0 saturated carbocycles. The summed E-state index contributed by atoms with van der Waals surface area (Å²) >= 11 is 1.29. The summed E-state index contributed by atoms with van der Waals surface area (Å²) in [5.74, 6) is -1.11. The fourth-order valence-electron chi connectivity index (χ4n) is 3.44. The molecule has 0 aliphatic heterocycles. The number of carbonyl (C=O) groups excluding carboxylic acids is 1. The first-order valence-corrected chi connectivity index (χ1v) is 11.5. The van der Waals surface area contributed by atoms with Crippen molar-refractivity contribution in [1.29, 1.82) is 0 Å². The Morgan fingerprint density at radius 2 is 1.86 bits per heavy atom. The van der Waals surface area contributed by atoms with Gasteiger partial charge in [-0.1, -0.05) is 6.07 Å². The molecular formula is C25H22F2N4O3S. The Hall–Kier alpha value is -3.76. The van der Waals surface area contributed by atoms with E-state index in [-0.39, 0.29) is 23.8 Å².